The van der Waals surface area contributed by atoms with Gasteiger partial charge >= 0.3 is 11.1 Å². The van der Waals surface area contributed by atoms with E-state index in [4.69, 9.17) is 0 Å². The SMILES string of the molecule is O=[N+]([O-])C1=C2C(=Cc3cccc([N+](=O)[O-])c32)SC1[N+](=O)[O-]. The number of hydrogen-bond acceptors (Lipinski definition) is 7. The molecule has 0 amide bonds. The van der Waals surface area contributed by atoms with Gasteiger partial charge in [-0.05, 0) is 23.4 Å². The van der Waals surface area contributed by atoms with Crippen LogP contribution in [0.25, 0.3) is 11.6 Å². The van der Waals surface area contributed by atoms with Crippen LogP contribution in [0.15, 0.2) is 28.8 Å². The van der Waals surface area contributed by atoms with Gasteiger partial charge in [0.05, 0.1) is 21.0 Å². The van der Waals surface area contributed by atoms with Gasteiger partial charge in [0.2, 0.25) is 0 Å². The highest BCUT2D eigenvalue weighted by molar-refractivity contribution is 8.04. The standard InChI is InChI=1S/C11H5N3O6S/c15-12(16)6-3-1-2-5-4-7-9(8(5)6)10(13(17)18)11(21-7)14(19)20/h1-4,11H. The van der Waals surface area contributed by atoms with Crippen molar-refractivity contribution in [2.75, 3.05) is 0 Å². The fraction of sp³-hybridized carbons (Fsp3) is 0.0909. The second kappa shape index (κ2) is 4.38. The topological polar surface area (TPSA) is 129 Å². The molecule has 0 saturated carbocycles. The van der Waals surface area contributed by atoms with Gasteiger partial charge in [-0.2, -0.15) is 0 Å². The van der Waals surface area contributed by atoms with Gasteiger partial charge in [0.15, 0.2) is 0 Å². The van der Waals surface area contributed by atoms with Crippen LogP contribution < -0.4 is 0 Å². The van der Waals surface area contributed by atoms with Gasteiger partial charge in [-0.25, -0.2) is 0 Å². The van der Waals surface area contributed by atoms with E-state index in [1.165, 1.54) is 18.2 Å². The molecule has 1 aliphatic carbocycles. The first-order chi connectivity index (χ1) is 9.91. The zero-order valence-electron chi connectivity index (χ0n) is 10.1. The van der Waals surface area contributed by atoms with E-state index in [1.807, 2.05) is 0 Å². The number of fused-ring (bicyclic) bond motifs is 3. The van der Waals surface area contributed by atoms with Crippen molar-refractivity contribution in [1.82, 2.24) is 0 Å². The van der Waals surface area contributed by atoms with Gasteiger partial charge in [-0.1, -0.05) is 12.1 Å². The molecule has 3 rings (SSSR count). The molecule has 1 heterocycles. The Morgan fingerprint density at radius 1 is 1.05 bits per heavy atom. The van der Waals surface area contributed by atoms with Crippen molar-refractivity contribution in [2.24, 2.45) is 0 Å². The molecule has 0 fully saturated rings. The quantitative estimate of drug-likeness (QED) is 0.618. The smallest absolute Gasteiger partial charge is 0.263 e. The summed E-state index contributed by atoms with van der Waals surface area (Å²) in [6, 6.07) is 4.28. The third kappa shape index (κ3) is 1.80. The van der Waals surface area contributed by atoms with Crippen LogP contribution in [0.5, 0.6) is 0 Å². The Labute approximate surface area is 120 Å². The summed E-state index contributed by atoms with van der Waals surface area (Å²) in [4.78, 5) is 31.3. The van der Waals surface area contributed by atoms with Crippen LogP contribution in [-0.2, 0) is 0 Å². The Morgan fingerprint density at radius 2 is 1.76 bits per heavy atom. The number of hydrogen-bond donors (Lipinski definition) is 0. The number of nitrogens with zero attached hydrogens (tertiary/aromatic N) is 3. The molecule has 1 unspecified atom stereocenters. The van der Waals surface area contributed by atoms with E-state index in [0.717, 1.165) is 11.8 Å². The number of benzene rings is 1. The first-order valence-electron chi connectivity index (χ1n) is 5.60. The Bertz CT molecular complexity index is 784. The summed E-state index contributed by atoms with van der Waals surface area (Å²) in [6.07, 6.45) is 1.51. The zero-order chi connectivity index (χ0) is 15.3. The summed E-state index contributed by atoms with van der Waals surface area (Å²) < 4.78 is 0. The van der Waals surface area contributed by atoms with Crippen LogP contribution in [0.2, 0.25) is 0 Å². The molecule has 10 heteroatoms. The maximum atomic E-state index is 11.2. The first-order valence-corrected chi connectivity index (χ1v) is 6.48. The molecule has 0 spiro atoms. The molecular weight excluding hydrogens is 302 g/mol. The van der Waals surface area contributed by atoms with Crippen molar-refractivity contribution < 1.29 is 14.8 Å². The van der Waals surface area contributed by atoms with Crippen molar-refractivity contribution in [3.63, 3.8) is 0 Å². The summed E-state index contributed by atoms with van der Waals surface area (Å²) in [7, 11) is 0. The van der Waals surface area contributed by atoms with E-state index in [1.54, 1.807) is 6.07 Å². The summed E-state index contributed by atoms with van der Waals surface area (Å²) in [5.74, 6) is 0. The van der Waals surface area contributed by atoms with E-state index < -0.39 is 25.8 Å². The van der Waals surface area contributed by atoms with Gasteiger partial charge in [-0.3, -0.25) is 30.3 Å². The lowest BCUT2D eigenvalue weighted by molar-refractivity contribution is -0.530. The fourth-order valence-corrected chi connectivity index (χ4v) is 3.57. The van der Waals surface area contributed by atoms with Crippen molar-refractivity contribution >= 4 is 29.1 Å². The minimum Gasteiger partial charge on any atom is -0.263 e. The van der Waals surface area contributed by atoms with E-state index >= 15 is 0 Å². The van der Waals surface area contributed by atoms with Gasteiger partial charge in [0.25, 0.3) is 5.69 Å². The van der Waals surface area contributed by atoms with Crippen LogP contribution in [0, 0.1) is 30.3 Å². The number of allylic oxidation sites excluding steroid dienone is 1. The van der Waals surface area contributed by atoms with Crippen LogP contribution in [-0.4, -0.2) is 20.1 Å². The molecular formula is C11H5N3O6S. The number of thioether (sulfide) groups is 1. The number of rotatable bonds is 3. The van der Waals surface area contributed by atoms with E-state index in [9.17, 15) is 30.3 Å². The molecule has 9 nitrogen and oxygen atoms in total. The predicted octanol–water partition coefficient (Wildman–Crippen LogP) is 2.29. The normalized spacial score (nSPS) is 19.0. The summed E-state index contributed by atoms with van der Waals surface area (Å²) in [5, 5.41) is 31.7. The molecule has 1 aliphatic heterocycles. The van der Waals surface area contributed by atoms with Gasteiger partial charge in [0, 0.05) is 15.9 Å². The highest BCUT2D eigenvalue weighted by Crippen LogP contribution is 2.54. The van der Waals surface area contributed by atoms with E-state index in [2.05, 4.69) is 0 Å². The molecule has 0 aromatic heterocycles. The van der Waals surface area contributed by atoms with E-state index in [-0.39, 0.29) is 16.8 Å². The second-order valence-corrected chi connectivity index (χ2v) is 5.40. The van der Waals surface area contributed by atoms with Gasteiger partial charge in [-0.15, -0.1) is 0 Å². The lowest BCUT2D eigenvalue weighted by atomic mass is 10.0. The highest BCUT2D eigenvalue weighted by Gasteiger charge is 2.51. The maximum Gasteiger partial charge on any atom is 0.351 e. The fourth-order valence-electron chi connectivity index (χ4n) is 2.41. The summed E-state index contributed by atoms with van der Waals surface area (Å²) in [5.41, 5.74) is -0.361. The molecule has 106 valence electrons. The lowest BCUT2D eigenvalue weighted by Crippen LogP contribution is -2.20. The molecule has 2 aliphatic rings. The zero-order valence-corrected chi connectivity index (χ0v) is 10.9. The second-order valence-electron chi connectivity index (χ2n) is 4.28. The van der Waals surface area contributed by atoms with Gasteiger partial charge < -0.3 is 0 Å². The molecule has 0 N–H and O–H groups in total. The van der Waals surface area contributed by atoms with Crippen molar-refractivity contribution in [3.05, 3.63) is 70.3 Å². The molecule has 0 radical (unpaired) electrons. The average Bonchev–Trinajstić information content (AvgIpc) is 2.92. The van der Waals surface area contributed by atoms with Crippen molar-refractivity contribution in [1.29, 1.82) is 0 Å². The third-order valence-corrected chi connectivity index (χ3v) is 4.37. The van der Waals surface area contributed by atoms with Gasteiger partial charge in [0.1, 0.15) is 0 Å². The monoisotopic (exact) mass is 307 g/mol. The van der Waals surface area contributed by atoms with Crippen LogP contribution >= 0.6 is 11.8 Å². The number of nitro groups is 3. The average molecular weight is 307 g/mol. The molecule has 0 bridgehead atoms. The van der Waals surface area contributed by atoms with Crippen LogP contribution in [0.4, 0.5) is 5.69 Å². The minimum atomic E-state index is -1.55. The lowest BCUT2D eigenvalue weighted by Gasteiger charge is -2.03. The Balaban J connectivity index is 2.32. The molecule has 0 saturated heterocycles. The van der Waals surface area contributed by atoms with Crippen molar-refractivity contribution in [2.45, 2.75) is 5.37 Å². The predicted molar refractivity (Wildman–Crippen MR) is 73.4 cm³/mol. The molecule has 21 heavy (non-hydrogen) atoms. The van der Waals surface area contributed by atoms with E-state index in [0.29, 0.717) is 10.5 Å². The summed E-state index contributed by atoms with van der Waals surface area (Å²) in [6.45, 7) is 0. The first kappa shape index (κ1) is 13.2. The molecule has 1 aromatic rings. The number of nitro benzene ring substituents is 1. The Hall–Kier alpha value is -2.75. The largest absolute Gasteiger partial charge is 0.351 e. The van der Waals surface area contributed by atoms with Crippen LogP contribution in [0.3, 0.4) is 0 Å². The highest BCUT2D eigenvalue weighted by atomic mass is 32.2. The third-order valence-electron chi connectivity index (χ3n) is 3.17. The molecule has 1 atom stereocenters. The van der Waals surface area contributed by atoms with Crippen molar-refractivity contribution in [3.8, 4) is 0 Å². The summed E-state index contributed by atoms with van der Waals surface area (Å²) >= 11 is 0.726. The maximum absolute atomic E-state index is 11.2. The molecule has 1 aromatic carbocycles. The Morgan fingerprint density at radius 3 is 2.33 bits per heavy atom. The minimum absolute atomic E-state index is 0.00556. The van der Waals surface area contributed by atoms with Crippen LogP contribution in [0.1, 0.15) is 11.1 Å². The Kier molecular flexibility index (Phi) is 2.76.